The van der Waals surface area contributed by atoms with Gasteiger partial charge in [-0.05, 0) is 54.3 Å². The predicted molar refractivity (Wildman–Crippen MR) is 139 cm³/mol. The molecule has 11 nitrogen and oxygen atoms in total. The van der Waals surface area contributed by atoms with Crippen LogP contribution in [-0.2, 0) is 34.4 Å². The Kier molecular flexibility index (Phi) is 4.50. The Morgan fingerprint density at radius 2 is 1.89 bits per heavy atom. The van der Waals surface area contributed by atoms with E-state index in [1.54, 1.807) is 12.3 Å². The van der Waals surface area contributed by atoms with Crippen LogP contribution < -0.4 is 27.4 Å². The molecule has 0 saturated carbocycles. The molecule has 1 aliphatic carbocycles. The number of aromatic amines is 1. The van der Waals surface area contributed by atoms with Crippen molar-refractivity contribution in [1.82, 2.24) is 18.9 Å². The Morgan fingerprint density at radius 3 is 2.74 bits per heavy atom. The molecule has 2 amide bonds. The van der Waals surface area contributed by atoms with Gasteiger partial charge in [0.05, 0.1) is 21.5 Å². The molecule has 1 spiro atoms. The first-order chi connectivity index (χ1) is 18.3. The van der Waals surface area contributed by atoms with Crippen LogP contribution in [0.2, 0.25) is 5.02 Å². The van der Waals surface area contributed by atoms with Gasteiger partial charge in [0.1, 0.15) is 17.9 Å². The molecule has 5 aromatic rings. The van der Waals surface area contributed by atoms with Crippen LogP contribution in [-0.4, -0.2) is 30.8 Å². The summed E-state index contributed by atoms with van der Waals surface area (Å²) in [7, 11) is 0. The van der Waals surface area contributed by atoms with E-state index < -0.39 is 34.7 Å². The van der Waals surface area contributed by atoms with Gasteiger partial charge < -0.3 is 15.6 Å². The summed E-state index contributed by atoms with van der Waals surface area (Å²) in [5.41, 5.74) is 0.315. The molecule has 2 aliphatic rings. The number of amides is 2. The number of nitrogens with zero attached hydrogens (tertiary/aromatic N) is 3. The van der Waals surface area contributed by atoms with Gasteiger partial charge >= 0.3 is 16.8 Å². The summed E-state index contributed by atoms with van der Waals surface area (Å²) in [6, 6.07) is 12.2. The summed E-state index contributed by atoms with van der Waals surface area (Å²) in [5.74, 6) is -0.0234. The number of carbonyl (C=O) groups excluding carboxylic acids is 2. The van der Waals surface area contributed by atoms with E-state index in [0.29, 0.717) is 24.3 Å². The van der Waals surface area contributed by atoms with Crippen LogP contribution in [0.15, 0.2) is 63.0 Å². The van der Waals surface area contributed by atoms with Gasteiger partial charge in [0, 0.05) is 17.4 Å². The second-order valence-corrected chi connectivity index (χ2v) is 9.98. The maximum Gasteiger partial charge on any atom is 0.336 e. The van der Waals surface area contributed by atoms with E-state index in [2.05, 4.69) is 20.6 Å². The highest BCUT2D eigenvalue weighted by molar-refractivity contribution is 6.35. The van der Waals surface area contributed by atoms with Crippen molar-refractivity contribution in [3.8, 4) is 0 Å². The standard InChI is InChI=1S/C26H17ClN6O5/c27-16-5-6-17-20-19(16)30-22(35)23(36)33(20)25(38)32(17)11-18(34)29-14-4-3-12-9-26(10-13(12)8-14)15-2-1-7-28-21(15)31-24(26)37/h1-8H,9-11H2,(H,29,34)(H,30,35)(H,28,31,37). The van der Waals surface area contributed by atoms with Gasteiger partial charge in [0.15, 0.2) is 0 Å². The number of anilines is 2. The Bertz CT molecular complexity index is 2040. The van der Waals surface area contributed by atoms with Gasteiger partial charge in [-0.15, -0.1) is 0 Å². The van der Waals surface area contributed by atoms with E-state index in [9.17, 15) is 24.0 Å². The largest absolute Gasteiger partial charge is 0.336 e. The third-order valence-corrected chi connectivity index (χ3v) is 7.76. The number of halogens is 1. The molecule has 38 heavy (non-hydrogen) atoms. The van der Waals surface area contributed by atoms with E-state index in [1.165, 1.54) is 12.1 Å². The summed E-state index contributed by atoms with van der Waals surface area (Å²) in [5, 5.41) is 5.83. The molecule has 0 bridgehead atoms. The Labute approximate surface area is 217 Å². The first-order valence-electron chi connectivity index (χ1n) is 11.7. The molecule has 1 aliphatic heterocycles. The summed E-state index contributed by atoms with van der Waals surface area (Å²) >= 11 is 6.17. The number of hydrogen-bond donors (Lipinski definition) is 3. The highest BCUT2D eigenvalue weighted by atomic mass is 35.5. The fraction of sp³-hybridized carbons (Fsp3) is 0.154. The summed E-state index contributed by atoms with van der Waals surface area (Å²) in [6.45, 7) is -0.395. The lowest BCUT2D eigenvalue weighted by Crippen LogP contribution is -2.39. The van der Waals surface area contributed by atoms with Crippen LogP contribution in [0.25, 0.3) is 16.6 Å². The van der Waals surface area contributed by atoms with Crippen LogP contribution in [0.3, 0.4) is 0 Å². The highest BCUT2D eigenvalue weighted by Crippen LogP contribution is 2.46. The van der Waals surface area contributed by atoms with Gasteiger partial charge in [0.2, 0.25) is 11.8 Å². The second-order valence-electron chi connectivity index (χ2n) is 9.57. The molecule has 188 valence electrons. The lowest BCUT2D eigenvalue weighted by molar-refractivity contribution is -0.120. The summed E-state index contributed by atoms with van der Waals surface area (Å²) < 4.78 is 1.86. The zero-order valence-corrected chi connectivity index (χ0v) is 20.3. The van der Waals surface area contributed by atoms with E-state index in [4.69, 9.17) is 11.6 Å². The van der Waals surface area contributed by atoms with Crippen LogP contribution in [0.1, 0.15) is 16.7 Å². The Morgan fingerprint density at radius 1 is 1.08 bits per heavy atom. The van der Waals surface area contributed by atoms with Gasteiger partial charge in [-0.25, -0.2) is 14.2 Å². The van der Waals surface area contributed by atoms with Crippen molar-refractivity contribution < 1.29 is 9.59 Å². The molecular formula is C26H17ClN6O5. The van der Waals surface area contributed by atoms with E-state index in [-0.39, 0.29) is 27.5 Å². The number of nitrogens with one attached hydrogen (secondary N) is 3. The zero-order valence-electron chi connectivity index (χ0n) is 19.5. The van der Waals surface area contributed by atoms with Crippen molar-refractivity contribution in [2.24, 2.45) is 0 Å². The predicted octanol–water partition coefficient (Wildman–Crippen LogP) is 1.42. The second kappa shape index (κ2) is 7.62. The lowest BCUT2D eigenvalue weighted by atomic mass is 9.79. The molecule has 2 aromatic carbocycles. The molecule has 1 unspecified atom stereocenters. The van der Waals surface area contributed by atoms with Gasteiger partial charge in [-0.3, -0.25) is 23.7 Å². The van der Waals surface area contributed by atoms with Gasteiger partial charge in [0.25, 0.3) is 0 Å². The molecule has 0 saturated heterocycles. The van der Waals surface area contributed by atoms with Crippen LogP contribution in [0.4, 0.5) is 11.5 Å². The molecule has 4 heterocycles. The maximum absolute atomic E-state index is 13.0. The average Bonchev–Trinajstić information content (AvgIpc) is 3.50. The average molecular weight is 529 g/mol. The minimum atomic E-state index is -1.05. The normalized spacial score (nSPS) is 17.8. The maximum atomic E-state index is 13.0. The Hall–Kier alpha value is -4.77. The highest BCUT2D eigenvalue weighted by Gasteiger charge is 2.51. The van der Waals surface area contributed by atoms with E-state index >= 15 is 0 Å². The first kappa shape index (κ1) is 22.4. The molecule has 7 rings (SSSR count). The quantitative estimate of drug-likeness (QED) is 0.302. The summed E-state index contributed by atoms with van der Waals surface area (Å²) in [6.07, 6.45) is 2.64. The third kappa shape index (κ3) is 2.96. The minimum Gasteiger partial charge on any atom is -0.325 e. The minimum absolute atomic E-state index is 0.0944. The van der Waals surface area contributed by atoms with Crippen LogP contribution >= 0.6 is 11.6 Å². The summed E-state index contributed by atoms with van der Waals surface area (Å²) in [4.78, 5) is 70.1. The van der Waals surface area contributed by atoms with E-state index in [0.717, 1.165) is 25.7 Å². The number of imidazole rings is 1. The number of fused-ring (bicyclic) bond motifs is 3. The molecular weight excluding hydrogens is 512 g/mol. The number of benzene rings is 2. The number of carbonyl (C=O) groups is 2. The van der Waals surface area contributed by atoms with E-state index in [1.807, 2.05) is 24.3 Å². The monoisotopic (exact) mass is 528 g/mol. The van der Waals surface area contributed by atoms with Crippen molar-refractivity contribution >= 4 is 51.5 Å². The Balaban J connectivity index is 1.19. The SMILES string of the molecule is O=C(Cn1c(=O)n2c(=O)c(=O)[nH]c3c(Cl)ccc1c32)Nc1ccc2c(c1)CC1(C2)C(=O)Nc2ncccc21. The van der Waals surface area contributed by atoms with Crippen LogP contribution in [0.5, 0.6) is 0 Å². The van der Waals surface area contributed by atoms with Crippen LogP contribution in [0, 0.1) is 0 Å². The van der Waals surface area contributed by atoms with Crippen molar-refractivity contribution in [2.75, 3.05) is 10.6 Å². The van der Waals surface area contributed by atoms with Crippen molar-refractivity contribution in [3.63, 3.8) is 0 Å². The fourth-order valence-electron chi connectivity index (χ4n) is 5.74. The molecule has 0 radical (unpaired) electrons. The molecule has 3 aromatic heterocycles. The first-order valence-corrected chi connectivity index (χ1v) is 12.1. The molecule has 0 fully saturated rings. The fourth-order valence-corrected chi connectivity index (χ4v) is 5.94. The van der Waals surface area contributed by atoms with Crippen molar-refractivity contribution in [2.45, 2.75) is 24.8 Å². The number of aromatic nitrogens is 4. The van der Waals surface area contributed by atoms with Crippen molar-refractivity contribution in [3.05, 3.63) is 102 Å². The zero-order chi connectivity index (χ0) is 26.3. The third-order valence-electron chi connectivity index (χ3n) is 7.44. The molecule has 1 atom stereocenters. The molecule has 3 N–H and O–H groups in total. The van der Waals surface area contributed by atoms with Gasteiger partial charge in [-0.2, -0.15) is 0 Å². The number of hydrogen-bond acceptors (Lipinski definition) is 6. The van der Waals surface area contributed by atoms with Crippen molar-refractivity contribution in [1.29, 1.82) is 0 Å². The molecule has 12 heteroatoms. The number of pyridine rings is 1. The number of H-pyrrole nitrogens is 1. The number of rotatable bonds is 3. The topological polar surface area (TPSA) is 147 Å². The van der Waals surface area contributed by atoms with Gasteiger partial charge in [-0.1, -0.05) is 23.7 Å². The smallest absolute Gasteiger partial charge is 0.325 e. The lowest BCUT2D eigenvalue weighted by Gasteiger charge is -2.20.